The summed E-state index contributed by atoms with van der Waals surface area (Å²) in [6.07, 6.45) is 6.38. The van der Waals surface area contributed by atoms with Gasteiger partial charge in [0.2, 0.25) is 0 Å². The fourth-order valence-corrected chi connectivity index (χ4v) is 2.79. The van der Waals surface area contributed by atoms with Gasteiger partial charge in [0, 0.05) is 31.5 Å². The van der Waals surface area contributed by atoms with Crippen molar-refractivity contribution in [2.24, 2.45) is 5.92 Å². The number of nitrogens with zero attached hydrogens (tertiary/aromatic N) is 2. The maximum atomic E-state index is 4.14. The Morgan fingerprint density at radius 1 is 1.37 bits per heavy atom. The molecule has 1 aromatic heterocycles. The Morgan fingerprint density at radius 2 is 2.11 bits per heavy atom. The average Bonchev–Trinajstić information content (AvgIpc) is 2.39. The summed E-state index contributed by atoms with van der Waals surface area (Å²) in [7, 11) is 0. The van der Waals surface area contributed by atoms with Crippen molar-refractivity contribution in [1.82, 2.24) is 15.2 Å². The number of nitrogens with one attached hydrogen (secondary N) is 1. The molecule has 0 amide bonds. The molecule has 3 heteroatoms. The van der Waals surface area contributed by atoms with Gasteiger partial charge in [-0.3, -0.25) is 4.98 Å². The Morgan fingerprint density at radius 3 is 2.74 bits per heavy atom. The predicted octanol–water partition coefficient (Wildman–Crippen LogP) is 2.60. The molecule has 2 heterocycles. The number of piperidine rings is 1. The molecule has 1 aliphatic heterocycles. The Balaban J connectivity index is 1.73. The van der Waals surface area contributed by atoms with Gasteiger partial charge in [-0.15, -0.1) is 0 Å². The third kappa shape index (κ3) is 4.59. The van der Waals surface area contributed by atoms with Gasteiger partial charge >= 0.3 is 0 Å². The second kappa shape index (κ2) is 7.01. The van der Waals surface area contributed by atoms with Gasteiger partial charge < -0.3 is 10.2 Å². The summed E-state index contributed by atoms with van der Waals surface area (Å²) >= 11 is 0. The first-order chi connectivity index (χ1) is 9.15. The fraction of sp³-hybridized carbons (Fsp3) is 0.688. The van der Waals surface area contributed by atoms with Gasteiger partial charge in [-0.2, -0.15) is 0 Å². The molecule has 0 unspecified atom stereocenters. The van der Waals surface area contributed by atoms with Crippen LogP contribution in [0.1, 0.15) is 37.8 Å². The zero-order valence-corrected chi connectivity index (χ0v) is 12.5. The second-order valence-corrected chi connectivity index (χ2v) is 6.15. The molecule has 0 spiro atoms. The lowest BCUT2D eigenvalue weighted by atomic mass is 10.0. The third-order valence-electron chi connectivity index (χ3n) is 3.93. The van der Waals surface area contributed by atoms with Crippen LogP contribution in [0, 0.1) is 12.8 Å². The van der Waals surface area contributed by atoms with E-state index in [0.29, 0.717) is 6.04 Å². The molecule has 0 radical (unpaired) electrons. The molecule has 1 saturated heterocycles. The Hall–Kier alpha value is -0.930. The number of hydrogen-bond acceptors (Lipinski definition) is 3. The van der Waals surface area contributed by atoms with E-state index in [2.05, 4.69) is 42.0 Å². The van der Waals surface area contributed by atoms with Crippen molar-refractivity contribution < 1.29 is 0 Å². The zero-order valence-electron chi connectivity index (χ0n) is 12.5. The number of pyridine rings is 1. The largest absolute Gasteiger partial charge is 0.310 e. The monoisotopic (exact) mass is 261 g/mol. The SMILES string of the molecule is Cc1cnccc1CNC1CCN(CC(C)C)CC1. The summed E-state index contributed by atoms with van der Waals surface area (Å²) in [5, 5.41) is 3.70. The number of hydrogen-bond donors (Lipinski definition) is 1. The number of likely N-dealkylation sites (tertiary alicyclic amines) is 1. The zero-order chi connectivity index (χ0) is 13.7. The standard InChI is InChI=1S/C16H27N3/c1-13(2)12-19-8-5-16(6-9-19)18-11-15-4-7-17-10-14(15)3/h4,7,10,13,16,18H,5-6,8-9,11-12H2,1-3H3. The molecule has 0 bridgehead atoms. The lowest BCUT2D eigenvalue weighted by Gasteiger charge is -2.33. The molecule has 2 rings (SSSR count). The van der Waals surface area contributed by atoms with Crippen LogP contribution in [0.2, 0.25) is 0 Å². The first-order valence-corrected chi connectivity index (χ1v) is 7.50. The highest BCUT2D eigenvalue weighted by atomic mass is 15.1. The molecule has 0 aliphatic carbocycles. The highest BCUT2D eigenvalue weighted by molar-refractivity contribution is 5.21. The highest BCUT2D eigenvalue weighted by Gasteiger charge is 2.19. The van der Waals surface area contributed by atoms with E-state index in [9.17, 15) is 0 Å². The summed E-state index contributed by atoms with van der Waals surface area (Å²) in [5.41, 5.74) is 2.66. The van der Waals surface area contributed by atoms with Crippen LogP contribution in [0.5, 0.6) is 0 Å². The number of rotatable bonds is 5. The van der Waals surface area contributed by atoms with Crippen molar-refractivity contribution in [3.63, 3.8) is 0 Å². The van der Waals surface area contributed by atoms with Crippen LogP contribution in [-0.4, -0.2) is 35.6 Å². The maximum Gasteiger partial charge on any atom is 0.0300 e. The summed E-state index contributed by atoms with van der Waals surface area (Å²) in [4.78, 5) is 6.74. The predicted molar refractivity (Wildman–Crippen MR) is 80.1 cm³/mol. The van der Waals surface area contributed by atoms with Gasteiger partial charge in [-0.05, 0) is 56.0 Å². The molecule has 0 saturated carbocycles. The molecule has 1 aromatic rings. The molecule has 1 fully saturated rings. The Kier molecular flexibility index (Phi) is 5.34. The lowest BCUT2D eigenvalue weighted by Crippen LogP contribution is -2.43. The summed E-state index contributed by atoms with van der Waals surface area (Å²) < 4.78 is 0. The molecular weight excluding hydrogens is 234 g/mol. The van der Waals surface area contributed by atoms with E-state index in [1.165, 1.54) is 43.6 Å². The molecule has 1 aliphatic rings. The van der Waals surface area contributed by atoms with Crippen LogP contribution >= 0.6 is 0 Å². The van der Waals surface area contributed by atoms with Gasteiger partial charge in [0.1, 0.15) is 0 Å². The minimum absolute atomic E-state index is 0.677. The molecule has 0 atom stereocenters. The normalized spacial score (nSPS) is 18.1. The first kappa shape index (κ1) is 14.5. The van der Waals surface area contributed by atoms with Gasteiger partial charge in [0.15, 0.2) is 0 Å². The van der Waals surface area contributed by atoms with Crippen molar-refractivity contribution in [3.05, 3.63) is 29.6 Å². The highest BCUT2D eigenvalue weighted by Crippen LogP contribution is 2.13. The van der Waals surface area contributed by atoms with E-state index in [1.54, 1.807) is 0 Å². The van der Waals surface area contributed by atoms with Gasteiger partial charge in [0.25, 0.3) is 0 Å². The van der Waals surface area contributed by atoms with Crippen molar-refractivity contribution in [2.75, 3.05) is 19.6 Å². The van der Waals surface area contributed by atoms with Crippen LogP contribution in [-0.2, 0) is 6.54 Å². The molecule has 106 valence electrons. The van der Waals surface area contributed by atoms with Crippen molar-refractivity contribution in [1.29, 1.82) is 0 Å². The number of aryl methyl sites for hydroxylation is 1. The molecule has 3 nitrogen and oxygen atoms in total. The molecule has 19 heavy (non-hydrogen) atoms. The van der Waals surface area contributed by atoms with E-state index in [-0.39, 0.29) is 0 Å². The minimum Gasteiger partial charge on any atom is -0.310 e. The summed E-state index contributed by atoms with van der Waals surface area (Å²) in [6.45, 7) is 11.4. The van der Waals surface area contributed by atoms with Gasteiger partial charge in [-0.25, -0.2) is 0 Å². The van der Waals surface area contributed by atoms with E-state index in [1.807, 2.05) is 12.4 Å². The first-order valence-electron chi connectivity index (χ1n) is 7.50. The lowest BCUT2D eigenvalue weighted by molar-refractivity contribution is 0.179. The molecular formula is C16H27N3. The van der Waals surface area contributed by atoms with E-state index >= 15 is 0 Å². The van der Waals surface area contributed by atoms with Crippen molar-refractivity contribution in [2.45, 2.75) is 46.2 Å². The summed E-state index contributed by atoms with van der Waals surface area (Å²) in [5.74, 6) is 0.781. The van der Waals surface area contributed by atoms with E-state index < -0.39 is 0 Å². The quantitative estimate of drug-likeness (QED) is 0.883. The van der Waals surface area contributed by atoms with E-state index in [0.717, 1.165) is 12.5 Å². The minimum atomic E-state index is 0.677. The third-order valence-corrected chi connectivity index (χ3v) is 3.93. The Labute approximate surface area is 117 Å². The van der Waals surface area contributed by atoms with Gasteiger partial charge in [0.05, 0.1) is 0 Å². The topological polar surface area (TPSA) is 28.2 Å². The second-order valence-electron chi connectivity index (χ2n) is 6.15. The smallest absolute Gasteiger partial charge is 0.0300 e. The van der Waals surface area contributed by atoms with Crippen LogP contribution in [0.4, 0.5) is 0 Å². The van der Waals surface area contributed by atoms with E-state index in [4.69, 9.17) is 0 Å². The molecule has 1 N–H and O–H groups in total. The molecule has 0 aromatic carbocycles. The number of aromatic nitrogens is 1. The van der Waals surface area contributed by atoms with Crippen LogP contribution in [0.25, 0.3) is 0 Å². The van der Waals surface area contributed by atoms with Gasteiger partial charge in [-0.1, -0.05) is 13.8 Å². The average molecular weight is 261 g/mol. The fourth-order valence-electron chi connectivity index (χ4n) is 2.79. The van der Waals surface area contributed by atoms with Crippen LogP contribution in [0.3, 0.4) is 0 Å². The van der Waals surface area contributed by atoms with Crippen LogP contribution in [0.15, 0.2) is 18.5 Å². The maximum absolute atomic E-state index is 4.14. The Bertz CT molecular complexity index is 381. The van der Waals surface area contributed by atoms with Crippen LogP contribution < -0.4 is 5.32 Å². The summed E-state index contributed by atoms with van der Waals surface area (Å²) in [6, 6.07) is 2.80. The van der Waals surface area contributed by atoms with Crippen molar-refractivity contribution >= 4 is 0 Å². The van der Waals surface area contributed by atoms with Crippen molar-refractivity contribution in [3.8, 4) is 0 Å².